The molecule has 0 bridgehead atoms. The lowest BCUT2D eigenvalue weighted by atomic mass is 9.98. The first-order valence-corrected chi connectivity index (χ1v) is 4.80. The van der Waals surface area contributed by atoms with E-state index in [-0.39, 0.29) is 0 Å². The van der Waals surface area contributed by atoms with Crippen molar-refractivity contribution in [2.75, 3.05) is 7.05 Å². The second kappa shape index (κ2) is 4.97. The predicted octanol–water partition coefficient (Wildman–Crippen LogP) is 1.87. The van der Waals surface area contributed by atoms with Crippen molar-refractivity contribution in [1.82, 2.24) is 10.3 Å². The zero-order chi connectivity index (χ0) is 9.68. The van der Waals surface area contributed by atoms with E-state index in [1.54, 1.807) is 0 Å². The first kappa shape index (κ1) is 10.2. The molecule has 13 heavy (non-hydrogen) atoms. The highest BCUT2D eigenvalue weighted by Crippen LogP contribution is 2.08. The molecule has 1 unspecified atom stereocenters. The molecule has 1 atom stereocenters. The van der Waals surface area contributed by atoms with Crippen molar-refractivity contribution < 1.29 is 0 Å². The molecule has 2 nitrogen and oxygen atoms in total. The number of rotatable bonds is 4. The van der Waals surface area contributed by atoms with Gasteiger partial charge < -0.3 is 5.32 Å². The molecule has 2 heteroatoms. The molecule has 0 fully saturated rings. The number of nitrogens with zero attached hydrogens (tertiary/aromatic N) is 1. The summed E-state index contributed by atoms with van der Waals surface area (Å²) < 4.78 is 0. The molecule has 0 aliphatic rings. The molecule has 0 saturated heterocycles. The molecule has 0 amide bonds. The molecule has 0 spiro atoms. The van der Waals surface area contributed by atoms with Crippen LogP contribution < -0.4 is 5.32 Å². The number of aromatic nitrogens is 1. The summed E-state index contributed by atoms with van der Waals surface area (Å²) in [6, 6.07) is 4.66. The number of nitrogens with one attached hydrogen (secondary N) is 1. The minimum atomic E-state index is 0.546. The fourth-order valence-electron chi connectivity index (χ4n) is 1.44. The van der Waals surface area contributed by atoms with Gasteiger partial charge in [0.15, 0.2) is 0 Å². The van der Waals surface area contributed by atoms with Crippen LogP contribution in [0.25, 0.3) is 0 Å². The maximum Gasteiger partial charge on any atom is 0.0300 e. The van der Waals surface area contributed by atoms with Gasteiger partial charge in [0.2, 0.25) is 0 Å². The Morgan fingerprint density at radius 3 is 2.69 bits per heavy atom. The normalized spacial score (nSPS) is 13.2. The molecule has 1 N–H and O–H groups in total. The lowest BCUT2D eigenvalue weighted by Crippen LogP contribution is -2.32. The van der Waals surface area contributed by atoms with Crippen molar-refractivity contribution in [1.29, 1.82) is 0 Å². The van der Waals surface area contributed by atoms with E-state index in [2.05, 4.69) is 30.2 Å². The molecule has 72 valence electrons. The molecule has 0 aliphatic heterocycles. The molecule has 0 saturated carbocycles. The van der Waals surface area contributed by atoms with Gasteiger partial charge in [-0.2, -0.15) is 0 Å². The van der Waals surface area contributed by atoms with E-state index in [1.807, 2.05) is 25.5 Å². The topological polar surface area (TPSA) is 24.9 Å². The molecule has 0 aromatic carbocycles. The number of likely N-dealkylation sites (N-methyl/N-ethyl adjacent to an activating group) is 1. The maximum atomic E-state index is 4.10. The lowest BCUT2D eigenvalue weighted by molar-refractivity contribution is 0.424. The molecule has 1 aromatic heterocycles. The third-order valence-electron chi connectivity index (χ3n) is 2.35. The lowest BCUT2D eigenvalue weighted by Gasteiger charge is -2.19. The van der Waals surface area contributed by atoms with Gasteiger partial charge in [0.1, 0.15) is 0 Å². The number of hydrogen-bond donors (Lipinski definition) is 1. The highest BCUT2D eigenvalue weighted by atomic mass is 14.9. The smallest absolute Gasteiger partial charge is 0.0300 e. The van der Waals surface area contributed by atoms with Gasteiger partial charge in [0, 0.05) is 18.4 Å². The summed E-state index contributed by atoms with van der Waals surface area (Å²) in [5, 5.41) is 3.32. The van der Waals surface area contributed by atoms with Crippen LogP contribution in [0.5, 0.6) is 0 Å². The fraction of sp³-hybridized carbons (Fsp3) is 0.545. The highest BCUT2D eigenvalue weighted by molar-refractivity contribution is 5.10. The van der Waals surface area contributed by atoms with E-state index >= 15 is 0 Å². The Morgan fingerprint density at radius 1 is 1.46 bits per heavy atom. The first-order valence-electron chi connectivity index (χ1n) is 4.80. The van der Waals surface area contributed by atoms with Gasteiger partial charge in [0.25, 0.3) is 0 Å². The molecule has 0 radical (unpaired) electrons. The maximum absolute atomic E-state index is 4.10. The Bertz CT molecular complexity index is 231. The van der Waals surface area contributed by atoms with Crippen molar-refractivity contribution in [2.24, 2.45) is 5.92 Å². The Hall–Kier alpha value is -0.890. The van der Waals surface area contributed by atoms with Crippen LogP contribution in [0, 0.1) is 5.92 Å². The van der Waals surface area contributed by atoms with E-state index in [4.69, 9.17) is 0 Å². The zero-order valence-corrected chi connectivity index (χ0v) is 8.62. The van der Waals surface area contributed by atoms with Crippen LogP contribution in [-0.2, 0) is 6.42 Å². The van der Waals surface area contributed by atoms with E-state index in [0.717, 1.165) is 6.42 Å². The highest BCUT2D eigenvalue weighted by Gasteiger charge is 2.10. The van der Waals surface area contributed by atoms with Crippen LogP contribution >= 0.6 is 0 Å². The van der Waals surface area contributed by atoms with Crippen molar-refractivity contribution in [3.8, 4) is 0 Å². The van der Waals surface area contributed by atoms with Crippen molar-refractivity contribution in [3.63, 3.8) is 0 Å². The van der Waals surface area contributed by atoms with Gasteiger partial charge in [-0.05, 0) is 31.0 Å². The summed E-state index contributed by atoms with van der Waals surface area (Å²) in [6.07, 6.45) is 4.81. The van der Waals surface area contributed by atoms with E-state index in [1.165, 1.54) is 5.56 Å². The van der Waals surface area contributed by atoms with Crippen LogP contribution in [0.1, 0.15) is 19.4 Å². The summed E-state index contributed by atoms with van der Waals surface area (Å²) in [5.41, 5.74) is 1.30. The van der Waals surface area contributed by atoms with Gasteiger partial charge in [-0.3, -0.25) is 4.98 Å². The van der Waals surface area contributed by atoms with E-state index in [0.29, 0.717) is 12.0 Å². The molecular weight excluding hydrogens is 160 g/mol. The third kappa shape index (κ3) is 3.15. The number of hydrogen-bond acceptors (Lipinski definition) is 2. The van der Waals surface area contributed by atoms with Crippen LogP contribution in [0.2, 0.25) is 0 Å². The Morgan fingerprint density at radius 2 is 2.23 bits per heavy atom. The summed E-state index contributed by atoms with van der Waals surface area (Å²) in [7, 11) is 2.01. The minimum absolute atomic E-state index is 0.546. The monoisotopic (exact) mass is 178 g/mol. The molecule has 1 aromatic rings. The summed E-state index contributed by atoms with van der Waals surface area (Å²) in [4.78, 5) is 4.10. The Kier molecular flexibility index (Phi) is 3.90. The van der Waals surface area contributed by atoms with Gasteiger partial charge >= 0.3 is 0 Å². The predicted molar refractivity (Wildman–Crippen MR) is 55.6 cm³/mol. The van der Waals surface area contributed by atoms with Crippen molar-refractivity contribution >= 4 is 0 Å². The average molecular weight is 178 g/mol. The van der Waals surface area contributed by atoms with Gasteiger partial charge in [-0.25, -0.2) is 0 Å². The largest absolute Gasteiger partial charge is 0.316 e. The third-order valence-corrected chi connectivity index (χ3v) is 2.35. The minimum Gasteiger partial charge on any atom is -0.316 e. The molecule has 0 aliphatic carbocycles. The molecule has 1 heterocycles. The van der Waals surface area contributed by atoms with Gasteiger partial charge in [-0.15, -0.1) is 0 Å². The van der Waals surface area contributed by atoms with Gasteiger partial charge in [0.05, 0.1) is 0 Å². The summed E-state index contributed by atoms with van der Waals surface area (Å²) in [5.74, 6) is 0.658. The average Bonchev–Trinajstić information content (AvgIpc) is 2.15. The van der Waals surface area contributed by atoms with Crippen LogP contribution in [-0.4, -0.2) is 18.1 Å². The second-order valence-corrected chi connectivity index (χ2v) is 3.70. The zero-order valence-electron chi connectivity index (χ0n) is 8.62. The van der Waals surface area contributed by atoms with Crippen molar-refractivity contribution in [3.05, 3.63) is 30.1 Å². The Labute approximate surface area is 80.4 Å². The van der Waals surface area contributed by atoms with Crippen LogP contribution in [0.3, 0.4) is 0 Å². The SMILES string of the molecule is CNC(Cc1cccnc1)C(C)C. The van der Waals surface area contributed by atoms with Gasteiger partial charge in [-0.1, -0.05) is 19.9 Å². The summed E-state index contributed by atoms with van der Waals surface area (Å²) >= 11 is 0. The molecular formula is C11H18N2. The Balaban J connectivity index is 2.57. The van der Waals surface area contributed by atoms with Crippen LogP contribution in [0.4, 0.5) is 0 Å². The van der Waals surface area contributed by atoms with E-state index in [9.17, 15) is 0 Å². The fourth-order valence-corrected chi connectivity index (χ4v) is 1.44. The van der Waals surface area contributed by atoms with E-state index < -0.39 is 0 Å². The standard InChI is InChI=1S/C11H18N2/c1-9(2)11(12-3)7-10-5-4-6-13-8-10/h4-6,8-9,11-12H,7H2,1-3H3. The van der Waals surface area contributed by atoms with Crippen LogP contribution in [0.15, 0.2) is 24.5 Å². The number of pyridine rings is 1. The second-order valence-electron chi connectivity index (χ2n) is 3.70. The quantitative estimate of drug-likeness (QED) is 0.761. The summed E-state index contributed by atoms with van der Waals surface area (Å²) in [6.45, 7) is 4.47. The van der Waals surface area contributed by atoms with Crippen molar-refractivity contribution in [2.45, 2.75) is 26.3 Å². The first-order chi connectivity index (χ1) is 6.24. The molecule has 1 rings (SSSR count).